The van der Waals surface area contributed by atoms with Crippen molar-refractivity contribution in [3.63, 3.8) is 0 Å². The summed E-state index contributed by atoms with van der Waals surface area (Å²) in [5.41, 5.74) is 0.507. The number of hydrogen-bond acceptors (Lipinski definition) is 5. The first-order chi connectivity index (χ1) is 12.7. The number of hydrogen-bond donors (Lipinski definition) is 0. The van der Waals surface area contributed by atoms with Gasteiger partial charge >= 0.3 is 0 Å². The third kappa shape index (κ3) is 2.68. The molecule has 138 valence electrons. The van der Waals surface area contributed by atoms with Gasteiger partial charge in [0.15, 0.2) is 4.96 Å². The molecule has 4 rings (SSSR count). The van der Waals surface area contributed by atoms with Crippen LogP contribution in [-0.4, -0.2) is 26.1 Å². The van der Waals surface area contributed by atoms with E-state index in [9.17, 15) is 14.4 Å². The predicted octanol–water partition coefficient (Wildman–Crippen LogP) is 4.47. The fraction of sp³-hybridized carbons (Fsp3) is 0.125. The van der Waals surface area contributed by atoms with Gasteiger partial charge in [0.25, 0.3) is 17.4 Å². The van der Waals surface area contributed by atoms with Crippen LogP contribution in [0, 0.1) is 6.92 Å². The zero-order valence-electron chi connectivity index (χ0n) is 13.3. The Bertz CT molecular complexity index is 1190. The molecule has 0 bridgehead atoms. The highest BCUT2D eigenvalue weighted by Gasteiger charge is 2.41. The lowest BCUT2D eigenvalue weighted by molar-refractivity contribution is 0.0640. The number of nitrogens with zero attached hydrogens (tertiary/aromatic N) is 3. The van der Waals surface area contributed by atoms with Crippen LogP contribution in [0.25, 0.3) is 4.96 Å². The Morgan fingerprint density at radius 3 is 2.07 bits per heavy atom. The normalized spacial score (nSPS) is 13.7. The average Bonchev–Trinajstić information content (AvgIpc) is 3.11. The summed E-state index contributed by atoms with van der Waals surface area (Å²) in [7, 11) is 0. The van der Waals surface area contributed by atoms with Crippen LogP contribution < -0.4 is 5.56 Å². The van der Waals surface area contributed by atoms with Gasteiger partial charge in [-0.15, -0.1) is 11.3 Å². The summed E-state index contributed by atoms with van der Waals surface area (Å²) in [6.07, 6.45) is 0. The molecule has 1 aliphatic heterocycles. The number of imide groups is 1. The van der Waals surface area contributed by atoms with Crippen LogP contribution in [0.4, 0.5) is 0 Å². The first-order valence-electron chi connectivity index (χ1n) is 7.41. The van der Waals surface area contributed by atoms with E-state index in [0.717, 1.165) is 10.6 Å². The number of rotatable bonds is 2. The van der Waals surface area contributed by atoms with Crippen LogP contribution >= 0.6 is 57.7 Å². The van der Waals surface area contributed by atoms with Gasteiger partial charge in [-0.3, -0.25) is 23.7 Å². The fourth-order valence-electron chi connectivity index (χ4n) is 2.88. The van der Waals surface area contributed by atoms with E-state index in [0.29, 0.717) is 4.96 Å². The summed E-state index contributed by atoms with van der Waals surface area (Å²) >= 11 is 25.5. The van der Waals surface area contributed by atoms with Crippen molar-refractivity contribution in [2.24, 2.45) is 0 Å². The van der Waals surface area contributed by atoms with E-state index in [1.807, 2.05) is 0 Å². The molecule has 3 heterocycles. The molecule has 0 saturated carbocycles. The molecule has 0 atom stereocenters. The Hall–Kier alpha value is -1.64. The highest BCUT2D eigenvalue weighted by molar-refractivity contribution is 7.15. The van der Waals surface area contributed by atoms with E-state index in [2.05, 4.69) is 4.98 Å². The quantitative estimate of drug-likeness (QED) is 0.320. The molecule has 0 fully saturated rings. The molecule has 11 heteroatoms. The Kier molecular flexibility index (Phi) is 4.48. The van der Waals surface area contributed by atoms with Gasteiger partial charge in [-0.1, -0.05) is 46.4 Å². The van der Waals surface area contributed by atoms with E-state index in [4.69, 9.17) is 46.4 Å². The maximum atomic E-state index is 12.8. The third-order valence-corrected chi connectivity index (χ3v) is 6.88. The minimum absolute atomic E-state index is 0.100. The molecule has 2 aromatic heterocycles. The van der Waals surface area contributed by atoms with Crippen molar-refractivity contribution in [2.75, 3.05) is 0 Å². The minimum atomic E-state index is -0.676. The Labute approximate surface area is 175 Å². The summed E-state index contributed by atoms with van der Waals surface area (Å²) in [4.78, 5) is 43.5. The number of benzene rings is 1. The van der Waals surface area contributed by atoms with E-state index >= 15 is 0 Å². The molecule has 0 N–H and O–H groups in total. The van der Waals surface area contributed by atoms with Gasteiger partial charge < -0.3 is 0 Å². The van der Waals surface area contributed by atoms with Gasteiger partial charge in [-0.2, -0.15) is 0 Å². The molecule has 0 saturated heterocycles. The lowest BCUT2D eigenvalue weighted by atomic mass is 10.1. The van der Waals surface area contributed by atoms with E-state index in [1.165, 1.54) is 21.8 Å². The van der Waals surface area contributed by atoms with Gasteiger partial charge in [-0.05, 0) is 6.92 Å². The SMILES string of the molecule is Cc1csc2nc(CN3C(=O)c4c(Cl)c(Cl)c(Cl)c(Cl)c4C3=O)cc(=O)n12. The average molecular weight is 463 g/mol. The smallest absolute Gasteiger partial charge is 0.263 e. The molecule has 0 aliphatic carbocycles. The van der Waals surface area contributed by atoms with Gasteiger partial charge in [0.1, 0.15) is 0 Å². The molecule has 0 radical (unpaired) electrons. The summed E-state index contributed by atoms with van der Waals surface area (Å²) in [5.74, 6) is -1.35. The Morgan fingerprint density at radius 1 is 0.963 bits per heavy atom. The van der Waals surface area contributed by atoms with Crippen LogP contribution in [0.2, 0.25) is 20.1 Å². The summed E-state index contributed by atoms with van der Waals surface area (Å²) in [6.45, 7) is 1.57. The molecule has 27 heavy (non-hydrogen) atoms. The summed E-state index contributed by atoms with van der Waals surface area (Å²) in [6, 6.07) is 1.28. The number of aromatic nitrogens is 2. The van der Waals surface area contributed by atoms with E-state index in [-0.39, 0.29) is 49.0 Å². The van der Waals surface area contributed by atoms with Crippen LogP contribution in [0.1, 0.15) is 32.1 Å². The molecule has 1 aromatic carbocycles. The molecule has 1 aliphatic rings. The van der Waals surface area contributed by atoms with Crippen molar-refractivity contribution < 1.29 is 9.59 Å². The van der Waals surface area contributed by atoms with Crippen LogP contribution in [-0.2, 0) is 6.54 Å². The Balaban J connectivity index is 1.80. The van der Waals surface area contributed by atoms with Gasteiger partial charge in [0.2, 0.25) is 0 Å². The van der Waals surface area contributed by atoms with Gasteiger partial charge in [-0.25, -0.2) is 4.98 Å². The lowest BCUT2D eigenvalue weighted by Crippen LogP contribution is -2.30. The zero-order valence-corrected chi connectivity index (χ0v) is 17.2. The largest absolute Gasteiger partial charge is 0.269 e. The molecule has 0 spiro atoms. The minimum Gasteiger partial charge on any atom is -0.269 e. The number of carbonyl (C=O) groups is 2. The first kappa shape index (κ1) is 18.7. The van der Waals surface area contributed by atoms with E-state index in [1.54, 1.807) is 12.3 Å². The highest BCUT2D eigenvalue weighted by Crippen LogP contribution is 2.45. The molecule has 3 aromatic rings. The maximum absolute atomic E-state index is 12.8. The standard InChI is InChI=1S/C16H7Cl4N3O3S/c1-5-4-27-16-21-6(2-7(24)23(5)16)3-22-14(25)8-9(15(22)26)11(18)13(20)12(19)10(8)17/h2,4H,3H2,1H3. The molecule has 0 unspecified atom stereocenters. The molecule has 2 amide bonds. The topological polar surface area (TPSA) is 71.8 Å². The van der Waals surface area contributed by atoms with Crippen molar-refractivity contribution >= 4 is 74.5 Å². The second-order valence-corrected chi connectivity index (χ2v) is 8.13. The monoisotopic (exact) mass is 461 g/mol. The summed E-state index contributed by atoms with van der Waals surface area (Å²) < 4.78 is 1.45. The molecular formula is C16H7Cl4N3O3S. The second kappa shape index (κ2) is 6.46. The van der Waals surface area contributed by atoms with Crippen LogP contribution in [0.5, 0.6) is 0 Å². The Morgan fingerprint density at radius 2 is 1.52 bits per heavy atom. The fourth-order valence-corrected chi connectivity index (χ4v) is 4.79. The highest BCUT2D eigenvalue weighted by atomic mass is 35.5. The lowest BCUT2D eigenvalue weighted by Gasteiger charge is -2.13. The number of thiazole rings is 1. The van der Waals surface area contributed by atoms with Gasteiger partial charge in [0.05, 0.1) is 43.5 Å². The first-order valence-corrected chi connectivity index (χ1v) is 9.80. The van der Waals surface area contributed by atoms with Crippen molar-refractivity contribution in [3.8, 4) is 0 Å². The van der Waals surface area contributed by atoms with Crippen LogP contribution in [0.15, 0.2) is 16.2 Å². The van der Waals surface area contributed by atoms with Crippen molar-refractivity contribution in [1.29, 1.82) is 0 Å². The van der Waals surface area contributed by atoms with Crippen molar-refractivity contribution in [3.05, 3.63) is 64.4 Å². The number of aryl methyl sites for hydroxylation is 1. The third-order valence-electron chi connectivity index (χ3n) is 4.13. The predicted molar refractivity (Wildman–Crippen MR) is 105 cm³/mol. The van der Waals surface area contributed by atoms with Crippen molar-refractivity contribution in [1.82, 2.24) is 14.3 Å². The molecular weight excluding hydrogens is 456 g/mol. The number of carbonyl (C=O) groups excluding carboxylic acids is 2. The number of amides is 2. The maximum Gasteiger partial charge on any atom is 0.263 e. The summed E-state index contributed by atoms with van der Waals surface area (Å²) in [5, 5.41) is 1.31. The second-order valence-electron chi connectivity index (χ2n) is 5.78. The van der Waals surface area contributed by atoms with Crippen LogP contribution in [0.3, 0.4) is 0 Å². The zero-order chi connectivity index (χ0) is 19.6. The number of fused-ring (bicyclic) bond motifs is 2. The van der Waals surface area contributed by atoms with Gasteiger partial charge in [0, 0.05) is 17.1 Å². The van der Waals surface area contributed by atoms with E-state index < -0.39 is 11.8 Å². The number of halogens is 4. The van der Waals surface area contributed by atoms with Crippen molar-refractivity contribution in [2.45, 2.75) is 13.5 Å². The molecule has 6 nitrogen and oxygen atoms in total.